The molecule has 0 spiro atoms. The van der Waals surface area contributed by atoms with Crippen molar-refractivity contribution in [2.75, 3.05) is 25.0 Å². The molecule has 0 aliphatic carbocycles. The number of carbonyl (C=O) groups is 1. The lowest BCUT2D eigenvalue weighted by Gasteiger charge is -2.29. The van der Waals surface area contributed by atoms with Gasteiger partial charge in [-0.1, -0.05) is 24.6 Å². The number of nitrogens with one attached hydrogen (secondary N) is 1. The van der Waals surface area contributed by atoms with Crippen LogP contribution in [-0.4, -0.2) is 38.3 Å². The first-order chi connectivity index (χ1) is 13.8. The summed E-state index contributed by atoms with van der Waals surface area (Å²) < 4.78 is 32.6. The number of amides is 1. The minimum atomic E-state index is -3.49. The summed E-state index contributed by atoms with van der Waals surface area (Å²) in [6.07, 6.45) is 1.77. The number of anilines is 1. The van der Waals surface area contributed by atoms with Crippen molar-refractivity contribution in [1.29, 1.82) is 0 Å². The molecule has 1 N–H and O–H groups in total. The number of aryl methyl sites for hydroxylation is 2. The van der Waals surface area contributed by atoms with Gasteiger partial charge < -0.3 is 10.1 Å². The van der Waals surface area contributed by atoms with Crippen molar-refractivity contribution in [3.63, 3.8) is 0 Å². The fraction of sp³-hybridized carbons (Fsp3) is 0.409. The van der Waals surface area contributed by atoms with Gasteiger partial charge in [0, 0.05) is 18.8 Å². The molecule has 0 unspecified atom stereocenters. The van der Waals surface area contributed by atoms with Gasteiger partial charge in [-0.3, -0.25) is 4.79 Å². The molecule has 3 rings (SSSR count). The summed E-state index contributed by atoms with van der Waals surface area (Å²) in [5.74, 6) is 0.929. The fourth-order valence-electron chi connectivity index (χ4n) is 3.39. The van der Waals surface area contributed by atoms with E-state index < -0.39 is 10.0 Å². The predicted octanol–water partition coefficient (Wildman–Crippen LogP) is 3.74. The van der Waals surface area contributed by atoms with Crippen LogP contribution in [0.4, 0.5) is 5.69 Å². The molecule has 1 saturated heterocycles. The molecule has 156 valence electrons. The number of nitrogens with zero attached hydrogens (tertiary/aromatic N) is 1. The van der Waals surface area contributed by atoms with E-state index in [2.05, 4.69) is 12.2 Å². The highest BCUT2D eigenvalue weighted by Crippen LogP contribution is 2.24. The van der Waals surface area contributed by atoms with Gasteiger partial charge >= 0.3 is 0 Å². The van der Waals surface area contributed by atoms with Crippen LogP contribution in [0.1, 0.15) is 30.9 Å². The van der Waals surface area contributed by atoms with E-state index in [-0.39, 0.29) is 17.4 Å². The highest BCUT2D eigenvalue weighted by atomic mass is 32.2. The summed E-state index contributed by atoms with van der Waals surface area (Å²) in [4.78, 5) is 12.4. The number of hydrogen-bond donors (Lipinski definition) is 1. The molecule has 1 aliphatic heterocycles. The summed E-state index contributed by atoms with van der Waals surface area (Å²) in [7, 11) is -3.49. The Labute approximate surface area is 172 Å². The summed E-state index contributed by atoms with van der Waals surface area (Å²) in [6, 6.07) is 12.1. The fourth-order valence-corrected chi connectivity index (χ4v) is 4.86. The minimum absolute atomic E-state index is 0.115. The predicted molar refractivity (Wildman–Crippen MR) is 114 cm³/mol. The first-order valence-electron chi connectivity index (χ1n) is 9.86. The van der Waals surface area contributed by atoms with Crippen LogP contribution in [0.15, 0.2) is 47.4 Å². The average Bonchev–Trinajstić information content (AvgIpc) is 2.68. The van der Waals surface area contributed by atoms with Crippen LogP contribution in [0.3, 0.4) is 0 Å². The van der Waals surface area contributed by atoms with Crippen LogP contribution in [0, 0.1) is 19.8 Å². The molecule has 6 nitrogen and oxygen atoms in total. The normalized spacial score (nSPS) is 15.8. The number of hydrogen-bond acceptors (Lipinski definition) is 4. The molecular formula is C22H28N2O4S. The first-order valence-corrected chi connectivity index (χ1v) is 11.3. The third-order valence-corrected chi connectivity index (χ3v) is 7.12. The Kier molecular flexibility index (Phi) is 6.59. The maximum Gasteiger partial charge on any atom is 0.262 e. The molecular weight excluding hydrogens is 388 g/mol. The molecule has 2 aromatic rings. The van der Waals surface area contributed by atoms with Crippen molar-refractivity contribution in [1.82, 2.24) is 4.31 Å². The van der Waals surface area contributed by atoms with Crippen LogP contribution in [0.25, 0.3) is 0 Å². The van der Waals surface area contributed by atoms with Crippen molar-refractivity contribution < 1.29 is 17.9 Å². The maximum atomic E-state index is 12.8. The molecule has 29 heavy (non-hydrogen) atoms. The van der Waals surface area contributed by atoms with E-state index in [4.69, 9.17) is 4.74 Å². The van der Waals surface area contributed by atoms with E-state index in [1.807, 2.05) is 32.0 Å². The van der Waals surface area contributed by atoms with Gasteiger partial charge in [0.25, 0.3) is 5.91 Å². The van der Waals surface area contributed by atoms with E-state index in [0.29, 0.717) is 30.4 Å². The molecule has 0 atom stereocenters. The van der Waals surface area contributed by atoms with E-state index in [0.717, 1.165) is 24.0 Å². The van der Waals surface area contributed by atoms with Gasteiger partial charge in [-0.05, 0) is 68.5 Å². The zero-order valence-electron chi connectivity index (χ0n) is 17.1. The standard InChI is InChI=1S/C22H28N2O4S/c1-16-10-12-24(13-11-16)29(26,27)20-7-5-19(6-8-20)23-22(25)15-28-21-9-4-17(2)14-18(21)3/h4-9,14,16H,10-13,15H2,1-3H3,(H,23,25). The van der Waals surface area contributed by atoms with Crippen molar-refractivity contribution in [3.8, 4) is 5.75 Å². The maximum absolute atomic E-state index is 12.8. The lowest BCUT2D eigenvalue weighted by Crippen LogP contribution is -2.37. The zero-order chi connectivity index (χ0) is 21.0. The number of sulfonamides is 1. The Morgan fingerprint density at radius 3 is 2.38 bits per heavy atom. The number of benzene rings is 2. The van der Waals surface area contributed by atoms with Crippen molar-refractivity contribution >= 4 is 21.6 Å². The number of carbonyl (C=O) groups excluding carboxylic acids is 1. The van der Waals surface area contributed by atoms with E-state index in [9.17, 15) is 13.2 Å². The third-order valence-electron chi connectivity index (χ3n) is 5.21. The Hall–Kier alpha value is -2.38. The Morgan fingerprint density at radius 1 is 1.10 bits per heavy atom. The average molecular weight is 417 g/mol. The molecule has 0 bridgehead atoms. The van der Waals surface area contributed by atoms with Gasteiger partial charge in [0.1, 0.15) is 5.75 Å². The number of piperidine rings is 1. The monoisotopic (exact) mass is 416 g/mol. The first kappa shape index (κ1) is 21.3. The van der Waals surface area contributed by atoms with Crippen molar-refractivity contribution in [2.45, 2.75) is 38.5 Å². The van der Waals surface area contributed by atoms with Gasteiger partial charge in [0.05, 0.1) is 4.90 Å². The van der Waals surface area contributed by atoms with E-state index in [1.165, 1.54) is 12.1 Å². The molecule has 1 aliphatic rings. The molecule has 1 heterocycles. The molecule has 0 saturated carbocycles. The highest BCUT2D eigenvalue weighted by Gasteiger charge is 2.27. The van der Waals surface area contributed by atoms with Gasteiger partial charge in [-0.15, -0.1) is 0 Å². The summed E-state index contributed by atoms with van der Waals surface area (Å²) >= 11 is 0. The van der Waals surface area contributed by atoms with E-state index >= 15 is 0 Å². The molecule has 7 heteroatoms. The van der Waals surface area contributed by atoms with Crippen molar-refractivity contribution in [3.05, 3.63) is 53.6 Å². The van der Waals surface area contributed by atoms with E-state index in [1.54, 1.807) is 16.4 Å². The number of rotatable bonds is 6. The largest absolute Gasteiger partial charge is 0.483 e. The van der Waals surface area contributed by atoms with Crippen LogP contribution in [-0.2, 0) is 14.8 Å². The summed E-state index contributed by atoms with van der Waals surface area (Å²) in [5, 5.41) is 2.73. The Balaban J connectivity index is 1.57. The second-order valence-corrected chi connectivity index (χ2v) is 9.65. The SMILES string of the molecule is Cc1ccc(OCC(=O)Nc2ccc(S(=O)(=O)N3CCC(C)CC3)cc2)c(C)c1. The molecule has 1 fully saturated rings. The second-order valence-electron chi connectivity index (χ2n) is 7.72. The smallest absolute Gasteiger partial charge is 0.262 e. The Morgan fingerprint density at radius 2 is 1.76 bits per heavy atom. The lowest BCUT2D eigenvalue weighted by molar-refractivity contribution is -0.118. The number of ether oxygens (including phenoxy) is 1. The summed E-state index contributed by atoms with van der Waals surface area (Å²) in [5.41, 5.74) is 2.64. The minimum Gasteiger partial charge on any atom is -0.483 e. The third kappa shape index (κ3) is 5.36. The lowest BCUT2D eigenvalue weighted by atomic mass is 10.0. The van der Waals surface area contributed by atoms with Gasteiger partial charge in [-0.2, -0.15) is 4.31 Å². The van der Waals surface area contributed by atoms with Crippen LogP contribution in [0.5, 0.6) is 5.75 Å². The topological polar surface area (TPSA) is 75.7 Å². The second kappa shape index (κ2) is 8.97. The van der Waals surface area contributed by atoms with Gasteiger partial charge in [0.15, 0.2) is 6.61 Å². The van der Waals surface area contributed by atoms with Crippen LogP contribution >= 0.6 is 0 Å². The molecule has 0 radical (unpaired) electrons. The zero-order valence-corrected chi connectivity index (χ0v) is 18.0. The van der Waals surface area contributed by atoms with Crippen molar-refractivity contribution in [2.24, 2.45) is 5.92 Å². The molecule has 2 aromatic carbocycles. The molecule has 1 amide bonds. The van der Waals surface area contributed by atoms with Gasteiger partial charge in [0.2, 0.25) is 10.0 Å². The summed E-state index contributed by atoms with van der Waals surface area (Å²) in [6.45, 7) is 7.07. The Bertz CT molecular complexity index is 963. The van der Waals surface area contributed by atoms with Crippen LogP contribution < -0.4 is 10.1 Å². The van der Waals surface area contributed by atoms with Gasteiger partial charge in [-0.25, -0.2) is 8.42 Å². The molecule has 0 aromatic heterocycles. The highest BCUT2D eigenvalue weighted by molar-refractivity contribution is 7.89. The van der Waals surface area contributed by atoms with Crippen LogP contribution in [0.2, 0.25) is 0 Å². The quantitative estimate of drug-likeness (QED) is 0.778.